The number of rotatable bonds is 2. The van der Waals surface area contributed by atoms with Crippen molar-refractivity contribution in [1.29, 1.82) is 0 Å². The predicted octanol–water partition coefficient (Wildman–Crippen LogP) is 2.26. The maximum atomic E-state index is 9.44. The second-order valence-electron chi connectivity index (χ2n) is 5.31. The maximum absolute atomic E-state index is 9.44. The molecular weight excluding hydrogens is 252 g/mol. The number of fused-ring (bicyclic) bond motifs is 1. The molecule has 2 aromatic rings. The summed E-state index contributed by atoms with van der Waals surface area (Å²) in [6.45, 7) is 0.703. The fraction of sp³-hybridized carbons (Fsp3) is 0.312. The summed E-state index contributed by atoms with van der Waals surface area (Å²) in [5.41, 5.74) is 1.76. The zero-order valence-corrected chi connectivity index (χ0v) is 11.4. The van der Waals surface area contributed by atoms with Crippen molar-refractivity contribution in [2.24, 2.45) is 11.1 Å². The number of hydrogen-bond donors (Lipinski definition) is 2. The van der Waals surface area contributed by atoms with Gasteiger partial charge in [-0.15, -0.1) is 0 Å². The highest BCUT2D eigenvalue weighted by molar-refractivity contribution is 5.98. The maximum Gasteiger partial charge on any atom is 0.0853 e. The number of nitrogens with zero attached hydrogens (tertiary/aromatic N) is 2. The number of hydrogen-bond acceptors (Lipinski definition) is 4. The van der Waals surface area contributed by atoms with Gasteiger partial charge in [0.25, 0.3) is 0 Å². The molecule has 0 aromatic heterocycles. The van der Waals surface area contributed by atoms with Gasteiger partial charge >= 0.3 is 0 Å². The van der Waals surface area contributed by atoms with E-state index in [1.807, 2.05) is 25.2 Å². The van der Waals surface area contributed by atoms with E-state index in [1.54, 1.807) is 0 Å². The third-order valence-electron chi connectivity index (χ3n) is 4.10. The number of aliphatic hydroxyl groups excluding tert-OH is 1. The quantitative estimate of drug-likeness (QED) is 0.650. The van der Waals surface area contributed by atoms with E-state index in [9.17, 15) is 10.3 Å². The molecule has 4 heteroatoms. The molecule has 3 rings (SSSR count). The van der Waals surface area contributed by atoms with E-state index in [1.165, 1.54) is 5.39 Å². The van der Waals surface area contributed by atoms with Crippen LogP contribution in [0.2, 0.25) is 0 Å². The number of likely N-dealkylation sites (tertiary alicyclic amines) is 1. The van der Waals surface area contributed by atoms with Gasteiger partial charge in [-0.3, -0.25) is 4.90 Å². The standard InChI is InChI=1S/C16H18N2O2/c1-18-9-12(10-19)15(17-20)16(18)14-8-4-6-11-5-2-3-7-13(11)14/h2-8,12,16,19-20H,9-10H2,1H3/b17-15+/t12-,16-/m0/s1. The summed E-state index contributed by atoms with van der Waals surface area (Å²) in [7, 11) is 1.99. The van der Waals surface area contributed by atoms with Crippen LogP contribution in [0, 0.1) is 5.92 Å². The van der Waals surface area contributed by atoms with Crippen molar-refractivity contribution in [3.05, 3.63) is 48.0 Å². The molecule has 0 saturated carbocycles. The molecule has 1 aliphatic heterocycles. The average Bonchev–Trinajstić information content (AvgIpc) is 2.82. The van der Waals surface area contributed by atoms with Crippen LogP contribution in [0.3, 0.4) is 0 Å². The Kier molecular flexibility index (Phi) is 3.42. The van der Waals surface area contributed by atoms with Crippen LogP contribution < -0.4 is 0 Å². The largest absolute Gasteiger partial charge is 0.411 e. The molecule has 1 aliphatic rings. The van der Waals surface area contributed by atoms with Crippen LogP contribution in [0.1, 0.15) is 11.6 Å². The second-order valence-corrected chi connectivity index (χ2v) is 5.31. The lowest BCUT2D eigenvalue weighted by Crippen LogP contribution is -2.21. The summed E-state index contributed by atoms with van der Waals surface area (Å²) in [6, 6.07) is 14.3. The molecule has 104 valence electrons. The van der Waals surface area contributed by atoms with Gasteiger partial charge in [-0.05, 0) is 23.4 Å². The first-order valence-corrected chi connectivity index (χ1v) is 6.77. The Bertz CT molecular complexity index is 648. The molecule has 1 saturated heterocycles. The van der Waals surface area contributed by atoms with Gasteiger partial charge in [-0.1, -0.05) is 47.6 Å². The minimum Gasteiger partial charge on any atom is -0.411 e. The Morgan fingerprint density at radius 2 is 1.95 bits per heavy atom. The van der Waals surface area contributed by atoms with Crippen molar-refractivity contribution >= 4 is 16.5 Å². The molecule has 1 fully saturated rings. The van der Waals surface area contributed by atoms with Gasteiger partial charge in [0.2, 0.25) is 0 Å². The van der Waals surface area contributed by atoms with E-state index in [-0.39, 0.29) is 18.6 Å². The molecule has 4 nitrogen and oxygen atoms in total. The van der Waals surface area contributed by atoms with E-state index in [0.29, 0.717) is 12.3 Å². The van der Waals surface area contributed by atoms with Crippen LogP contribution in [0.4, 0.5) is 0 Å². The van der Waals surface area contributed by atoms with Crippen LogP contribution in [0.5, 0.6) is 0 Å². The molecule has 0 unspecified atom stereocenters. The van der Waals surface area contributed by atoms with Crippen molar-refractivity contribution < 1.29 is 10.3 Å². The van der Waals surface area contributed by atoms with Crippen LogP contribution in [-0.2, 0) is 0 Å². The van der Waals surface area contributed by atoms with Crippen molar-refractivity contribution in [1.82, 2.24) is 4.90 Å². The molecular formula is C16H18N2O2. The Morgan fingerprint density at radius 1 is 1.20 bits per heavy atom. The molecule has 2 aromatic carbocycles. The van der Waals surface area contributed by atoms with E-state index in [0.717, 1.165) is 10.9 Å². The topological polar surface area (TPSA) is 56.1 Å². The van der Waals surface area contributed by atoms with E-state index in [4.69, 9.17) is 0 Å². The van der Waals surface area contributed by atoms with Crippen molar-refractivity contribution in [3.8, 4) is 0 Å². The first kappa shape index (κ1) is 13.1. The lowest BCUT2D eigenvalue weighted by Gasteiger charge is -2.21. The van der Waals surface area contributed by atoms with Crippen molar-refractivity contribution in [2.75, 3.05) is 20.2 Å². The Balaban J connectivity index is 2.15. The van der Waals surface area contributed by atoms with Gasteiger partial charge in [0.1, 0.15) is 0 Å². The van der Waals surface area contributed by atoms with Crippen LogP contribution in [0.15, 0.2) is 47.6 Å². The summed E-state index contributed by atoms with van der Waals surface area (Å²) < 4.78 is 0. The zero-order chi connectivity index (χ0) is 14.1. The number of aliphatic hydroxyl groups is 1. The predicted molar refractivity (Wildman–Crippen MR) is 79.1 cm³/mol. The first-order valence-electron chi connectivity index (χ1n) is 6.77. The summed E-state index contributed by atoms with van der Waals surface area (Å²) in [5.74, 6) is -0.103. The minimum atomic E-state index is -0.103. The monoisotopic (exact) mass is 270 g/mol. The molecule has 0 spiro atoms. The van der Waals surface area contributed by atoms with Gasteiger partial charge in [0, 0.05) is 12.5 Å². The molecule has 1 heterocycles. The average molecular weight is 270 g/mol. The fourth-order valence-electron chi connectivity index (χ4n) is 3.17. The minimum absolute atomic E-state index is 0.00496. The number of oxime groups is 1. The Hall–Kier alpha value is -1.91. The lowest BCUT2D eigenvalue weighted by atomic mass is 9.93. The molecule has 0 amide bonds. The highest BCUT2D eigenvalue weighted by Gasteiger charge is 2.38. The normalized spacial score (nSPS) is 25.6. The summed E-state index contributed by atoms with van der Waals surface area (Å²) in [4.78, 5) is 2.12. The molecule has 0 radical (unpaired) electrons. The SMILES string of the molecule is CN1C[C@@H](CO)/C(=N\O)[C@@H]1c1cccc2ccccc12. The summed E-state index contributed by atoms with van der Waals surface area (Å²) in [5, 5.41) is 24.6. The Labute approximate surface area is 117 Å². The zero-order valence-electron chi connectivity index (χ0n) is 11.4. The van der Waals surface area contributed by atoms with Crippen LogP contribution in [-0.4, -0.2) is 41.1 Å². The van der Waals surface area contributed by atoms with E-state index >= 15 is 0 Å². The Morgan fingerprint density at radius 3 is 2.70 bits per heavy atom. The van der Waals surface area contributed by atoms with Crippen molar-refractivity contribution in [3.63, 3.8) is 0 Å². The first-order chi connectivity index (χ1) is 9.76. The molecule has 0 aliphatic carbocycles. The second kappa shape index (κ2) is 5.23. The molecule has 0 bridgehead atoms. The molecule has 20 heavy (non-hydrogen) atoms. The van der Waals surface area contributed by atoms with Gasteiger partial charge in [0.05, 0.1) is 18.4 Å². The highest BCUT2D eigenvalue weighted by Crippen LogP contribution is 2.35. The number of benzene rings is 2. The lowest BCUT2D eigenvalue weighted by molar-refractivity contribution is 0.238. The summed E-state index contributed by atoms with van der Waals surface area (Å²) >= 11 is 0. The fourth-order valence-corrected chi connectivity index (χ4v) is 3.17. The molecule has 2 atom stereocenters. The van der Waals surface area contributed by atoms with E-state index in [2.05, 4.69) is 34.3 Å². The van der Waals surface area contributed by atoms with Gasteiger partial charge in [-0.2, -0.15) is 0 Å². The smallest absolute Gasteiger partial charge is 0.0853 e. The molecule has 2 N–H and O–H groups in total. The van der Waals surface area contributed by atoms with Gasteiger partial charge < -0.3 is 10.3 Å². The van der Waals surface area contributed by atoms with Crippen LogP contribution >= 0.6 is 0 Å². The van der Waals surface area contributed by atoms with Crippen molar-refractivity contribution in [2.45, 2.75) is 6.04 Å². The van der Waals surface area contributed by atoms with E-state index < -0.39 is 0 Å². The third-order valence-corrected chi connectivity index (χ3v) is 4.10. The third kappa shape index (κ3) is 1.97. The van der Waals surface area contributed by atoms with Crippen LogP contribution in [0.25, 0.3) is 10.8 Å². The van der Waals surface area contributed by atoms with Gasteiger partial charge in [-0.25, -0.2) is 0 Å². The van der Waals surface area contributed by atoms with Gasteiger partial charge in [0.15, 0.2) is 0 Å². The summed E-state index contributed by atoms with van der Waals surface area (Å²) in [6.07, 6.45) is 0. The highest BCUT2D eigenvalue weighted by atomic mass is 16.4.